The normalized spacial score (nSPS) is 11.2. The molecule has 0 aliphatic rings. The van der Waals surface area contributed by atoms with E-state index in [2.05, 4.69) is 30.3 Å². The van der Waals surface area contributed by atoms with Gasteiger partial charge >= 0.3 is 0 Å². The number of rotatable bonds is 7. The molecule has 0 fully saturated rings. The molecule has 0 bridgehead atoms. The summed E-state index contributed by atoms with van der Waals surface area (Å²) in [6, 6.07) is 7.78. The third-order valence-electron chi connectivity index (χ3n) is 4.33. The maximum Gasteiger partial charge on any atom is 0.230 e. The topological polar surface area (TPSA) is 47.7 Å². The largest absolute Gasteiger partial charge is 0.497 e. The summed E-state index contributed by atoms with van der Waals surface area (Å²) in [7, 11) is 5.36. The minimum absolute atomic E-state index is 0.567. The van der Waals surface area contributed by atoms with Crippen LogP contribution in [-0.4, -0.2) is 31.2 Å². The fourth-order valence-corrected chi connectivity index (χ4v) is 3.77. The highest BCUT2D eigenvalue weighted by molar-refractivity contribution is 7.10. The van der Waals surface area contributed by atoms with E-state index >= 15 is 0 Å². The van der Waals surface area contributed by atoms with Gasteiger partial charge in [0.2, 0.25) is 5.89 Å². The summed E-state index contributed by atoms with van der Waals surface area (Å²) in [6.45, 7) is 5.73. The lowest BCUT2D eigenvalue weighted by Gasteiger charge is -2.14. The van der Waals surface area contributed by atoms with Crippen molar-refractivity contribution >= 4 is 11.3 Å². The SMILES string of the molecule is COc1ccc(-c2nc(CN(C)Cc3sccc3C)c(C)o2)c(OC)c1. The molecule has 0 saturated carbocycles. The summed E-state index contributed by atoms with van der Waals surface area (Å²) >= 11 is 1.79. The van der Waals surface area contributed by atoms with Crippen LogP contribution in [-0.2, 0) is 13.1 Å². The summed E-state index contributed by atoms with van der Waals surface area (Å²) < 4.78 is 16.6. The van der Waals surface area contributed by atoms with E-state index in [-0.39, 0.29) is 0 Å². The summed E-state index contributed by atoms with van der Waals surface area (Å²) in [5.74, 6) is 2.81. The summed E-state index contributed by atoms with van der Waals surface area (Å²) in [4.78, 5) is 8.34. The van der Waals surface area contributed by atoms with Crippen LogP contribution in [0.15, 0.2) is 34.1 Å². The van der Waals surface area contributed by atoms with Gasteiger partial charge in [-0.1, -0.05) is 0 Å². The van der Waals surface area contributed by atoms with Gasteiger partial charge in [-0.15, -0.1) is 11.3 Å². The molecule has 0 spiro atoms. The number of oxazole rings is 1. The second-order valence-electron chi connectivity index (χ2n) is 6.29. The molecular formula is C20H24N2O3S. The molecule has 2 aromatic heterocycles. The first kappa shape index (κ1) is 18.5. The Balaban J connectivity index is 1.80. The Morgan fingerprint density at radius 2 is 1.92 bits per heavy atom. The van der Waals surface area contributed by atoms with Crippen LogP contribution in [0, 0.1) is 13.8 Å². The second-order valence-corrected chi connectivity index (χ2v) is 7.29. The molecule has 26 heavy (non-hydrogen) atoms. The van der Waals surface area contributed by atoms with E-state index in [0.717, 1.165) is 35.9 Å². The van der Waals surface area contributed by atoms with E-state index in [1.165, 1.54) is 10.4 Å². The number of hydrogen-bond acceptors (Lipinski definition) is 6. The van der Waals surface area contributed by atoms with Crippen molar-refractivity contribution in [2.75, 3.05) is 21.3 Å². The molecule has 6 heteroatoms. The molecule has 5 nitrogen and oxygen atoms in total. The molecule has 0 radical (unpaired) electrons. The van der Waals surface area contributed by atoms with Gasteiger partial charge in [0.05, 0.1) is 25.5 Å². The zero-order valence-electron chi connectivity index (χ0n) is 15.8. The quantitative estimate of drug-likeness (QED) is 0.603. The summed E-state index contributed by atoms with van der Waals surface area (Å²) in [5, 5.41) is 2.13. The van der Waals surface area contributed by atoms with Gasteiger partial charge in [-0.25, -0.2) is 4.98 Å². The second kappa shape index (κ2) is 7.93. The van der Waals surface area contributed by atoms with Crippen molar-refractivity contribution in [1.82, 2.24) is 9.88 Å². The van der Waals surface area contributed by atoms with Crippen molar-refractivity contribution in [2.45, 2.75) is 26.9 Å². The van der Waals surface area contributed by atoms with Gasteiger partial charge in [0.15, 0.2) is 0 Å². The number of benzene rings is 1. The van der Waals surface area contributed by atoms with Crippen LogP contribution in [0.2, 0.25) is 0 Å². The Morgan fingerprint density at radius 3 is 2.58 bits per heavy atom. The summed E-state index contributed by atoms with van der Waals surface area (Å²) in [6.07, 6.45) is 0. The van der Waals surface area contributed by atoms with Crippen LogP contribution < -0.4 is 9.47 Å². The van der Waals surface area contributed by atoms with Gasteiger partial charge in [0, 0.05) is 24.0 Å². The van der Waals surface area contributed by atoms with Crippen LogP contribution in [0.3, 0.4) is 0 Å². The van der Waals surface area contributed by atoms with E-state index in [4.69, 9.17) is 18.9 Å². The molecule has 0 amide bonds. The van der Waals surface area contributed by atoms with Gasteiger partial charge in [0.25, 0.3) is 0 Å². The maximum atomic E-state index is 5.92. The molecule has 138 valence electrons. The monoisotopic (exact) mass is 372 g/mol. The average Bonchev–Trinajstić information content (AvgIpc) is 3.20. The lowest BCUT2D eigenvalue weighted by molar-refractivity contribution is 0.315. The third-order valence-corrected chi connectivity index (χ3v) is 5.34. The fourth-order valence-electron chi connectivity index (χ4n) is 2.79. The van der Waals surface area contributed by atoms with Gasteiger partial charge in [-0.2, -0.15) is 0 Å². The zero-order chi connectivity index (χ0) is 18.7. The highest BCUT2D eigenvalue weighted by Crippen LogP contribution is 2.34. The Kier molecular flexibility index (Phi) is 5.64. The smallest absolute Gasteiger partial charge is 0.230 e. The number of ether oxygens (including phenoxy) is 2. The van der Waals surface area contributed by atoms with Crippen molar-refractivity contribution in [1.29, 1.82) is 0 Å². The average molecular weight is 372 g/mol. The molecule has 0 aliphatic carbocycles. The molecule has 3 aromatic rings. The van der Waals surface area contributed by atoms with Crippen LogP contribution in [0.5, 0.6) is 11.5 Å². The molecule has 0 atom stereocenters. The first-order valence-corrected chi connectivity index (χ1v) is 9.30. The highest BCUT2D eigenvalue weighted by Gasteiger charge is 2.17. The van der Waals surface area contributed by atoms with Crippen molar-refractivity contribution in [2.24, 2.45) is 0 Å². The molecule has 0 unspecified atom stereocenters. The molecular weight excluding hydrogens is 348 g/mol. The Morgan fingerprint density at radius 1 is 1.12 bits per heavy atom. The Labute approximate surface area is 158 Å². The molecule has 3 rings (SSSR count). The van der Waals surface area contributed by atoms with Gasteiger partial charge in [-0.3, -0.25) is 4.90 Å². The molecule has 2 heterocycles. The standard InChI is InChI=1S/C20H24N2O3S/c1-13-8-9-26-19(13)12-22(3)11-17-14(2)25-20(21-17)16-7-6-15(23-4)10-18(16)24-5/h6-10H,11-12H2,1-5H3. The highest BCUT2D eigenvalue weighted by atomic mass is 32.1. The van der Waals surface area contributed by atoms with Crippen LogP contribution in [0.1, 0.15) is 21.9 Å². The summed E-state index contributed by atoms with van der Waals surface area (Å²) in [5.41, 5.74) is 3.09. The van der Waals surface area contributed by atoms with Gasteiger partial charge in [0.1, 0.15) is 17.3 Å². The number of methoxy groups -OCH3 is 2. The van der Waals surface area contributed by atoms with Crippen LogP contribution >= 0.6 is 11.3 Å². The minimum Gasteiger partial charge on any atom is -0.497 e. The lowest BCUT2D eigenvalue weighted by atomic mass is 10.2. The van der Waals surface area contributed by atoms with Crippen molar-refractivity contribution in [3.8, 4) is 23.0 Å². The predicted molar refractivity (Wildman–Crippen MR) is 104 cm³/mol. The Bertz CT molecular complexity index is 885. The molecule has 0 aliphatic heterocycles. The molecule has 1 aromatic carbocycles. The van der Waals surface area contributed by atoms with E-state index in [1.54, 1.807) is 25.6 Å². The van der Waals surface area contributed by atoms with Crippen molar-refractivity contribution in [3.05, 3.63) is 51.5 Å². The third kappa shape index (κ3) is 3.92. The van der Waals surface area contributed by atoms with E-state index in [9.17, 15) is 0 Å². The van der Waals surface area contributed by atoms with Gasteiger partial charge in [-0.05, 0) is 50.0 Å². The zero-order valence-corrected chi connectivity index (χ0v) is 16.6. The number of hydrogen-bond donors (Lipinski definition) is 0. The van der Waals surface area contributed by atoms with E-state index in [0.29, 0.717) is 11.6 Å². The van der Waals surface area contributed by atoms with Crippen molar-refractivity contribution in [3.63, 3.8) is 0 Å². The first-order chi connectivity index (χ1) is 12.5. The number of aromatic nitrogens is 1. The molecule has 0 N–H and O–H groups in total. The Hall–Kier alpha value is -2.31. The van der Waals surface area contributed by atoms with E-state index in [1.807, 2.05) is 25.1 Å². The van der Waals surface area contributed by atoms with E-state index < -0.39 is 0 Å². The fraction of sp³-hybridized carbons (Fsp3) is 0.350. The van der Waals surface area contributed by atoms with Crippen LogP contribution in [0.25, 0.3) is 11.5 Å². The number of thiophene rings is 1. The number of aryl methyl sites for hydroxylation is 2. The maximum absolute atomic E-state index is 5.92. The first-order valence-electron chi connectivity index (χ1n) is 8.42. The minimum atomic E-state index is 0.567. The van der Waals surface area contributed by atoms with Gasteiger partial charge < -0.3 is 13.9 Å². The van der Waals surface area contributed by atoms with Crippen molar-refractivity contribution < 1.29 is 13.9 Å². The lowest BCUT2D eigenvalue weighted by Crippen LogP contribution is -2.17. The number of nitrogens with zero attached hydrogens (tertiary/aromatic N) is 2. The van der Waals surface area contributed by atoms with Crippen LogP contribution in [0.4, 0.5) is 0 Å². The predicted octanol–water partition coefficient (Wildman–Crippen LogP) is 4.67. The molecule has 0 saturated heterocycles.